The third kappa shape index (κ3) is 5.74. The summed E-state index contributed by atoms with van der Waals surface area (Å²) < 4.78 is 5.54. The van der Waals surface area contributed by atoms with E-state index < -0.39 is 0 Å². The van der Waals surface area contributed by atoms with E-state index in [1.165, 1.54) is 19.3 Å². The lowest BCUT2D eigenvalue weighted by atomic mass is 9.53. The molecule has 0 aliphatic heterocycles. The average Bonchev–Trinajstić information content (AvgIpc) is 3.30. The predicted octanol–water partition coefficient (Wildman–Crippen LogP) is 5.44. The number of urea groups is 1. The minimum absolute atomic E-state index is 0.0634. The average molecular weight is 478 g/mol. The molecule has 6 rings (SSSR count). The van der Waals surface area contributed by atoms with E-state index in [0.717, 1.165) is 48.3 Å². The zero-order valence-corrected chi connectivity index (χ0v) is 21.1. The molecule has 0 saturated heterocycles. The van der Waals surface area contributed by atoms with Crippen LogP contribution in [0.25, 0.3) is 0 Å². The summed E-state index contributed by atoms with van der Waals surface area (Å²) in [6.07, 6.45) is 8.95. The Balaban J connectivity index is 1.29. The molecule has 4 fully saturated rings. The van der Waals surface area contributed by atoms with Gasteiger partial charge in [-0.2, -0.15) is 0 Å². The van der Waals surface area contributed by atoms with Gasteiger partial charge in [0.15, 0.2) is 0 Å². The summed E-state index contributed by atoms with van der Waals surface area (Å²) in [5, 5.41) is 3.47. The van der Waals surface area contributed by atoms with Crippen molar-refractivity contribution in [3.63, 3.8) is 0 Å². The van der Waals surface area contributed by atoms with Gasteiger partial charge in [-0.3, -0.25) is 4.79 Å². The minimum Gasteiger partial charge on any atom is -0.467 e. The van der Waals surface area contributed by atoms with Crippen LogP contribution in [-0.4, -0.2) is 40.4 Å². The van der Waals surface area contributed by atoms with Gasteiger partial charge in [0.25, 0.3) is 0 Å². The number of amides is 3. The maximum Gasteiger partial charge on any atom is 0.318 e. The highest BCUT2D eigenvalue weighted by molar-refractivity contribution is 5.84. The Morgan fingerprint density at radius 1 is 0.943 bits per heavy atom. The SMILES string of the molecule is CC(C)CN(CC(=O)N(Cc1ccccc1)Cc1ccco1)C(=O)NC12CC3CC(CC(C3)C1)C2. The second-order valence-corrected chi connectivity index (χ2v) is 11.7. The van der Waals surface area contributed by atoms with Gasteiger partial charge in [-0.1, -0.05) is 44.2 Å². The third-order valence-corrected chi connectivity index (χ3v) is 8.10. The molecule has 4 aliphatic rings. The van der Waals surface area contributed by atoms with Crippen molar-refractivity contribution in [1.29, 1.82) is 0 Å². The summed E-state index contributed by atoms with van der Waals surface area (Å²) in [6.45, 7) is 5.69. The van der Waals surface area contributed by atoms with Crippen molar-refractivity contribution >= 4 is 11.9 Å². The van der Waals surface area contributed by atoms with Gasteiger partial charge in [-0.05, 0) is 79.9 Å². The first-order valence-electron chi connectivity index (χ1n) is 13.3. The molecule has 4 bridgehead atoms. The fraction of sp³-hybridized carbons (Fsp3) is 0.586. The van der Waals surface area contributed by atoms with Crippen LogP contribution in [0.15, 0.2) is 53.1 Å². The molecule has 1 aromatic heterocycles. The Morgan fingerprint density at radius 3 is 2.17 bits per heavy atom. The van der Waals surface area contributed by atoms with Crippen molar-refractivity contribution in [2.24, 2.45) is 23.7 Å². The molecule has 6 heteroatoms. The van der Waals surface area contributed by atoms with Crippen LogP contribution in [0.2, 0.25) is 0 Å². The van der Waals surface area contributed by atoms with Crippen LogP contribution in [0, 0.1) is 23.7 Å². The first kappa shape index (κ1) is 24.0. The van der Waals surface area contributed by atoms with Crippen molar-refractivity contribution in [3.8, 4) is 0 Å². The number of carbonyl (C=O) groups excluding carboxylic acids is 2. The largest absolute Gasteiger partial charge is 0.467 e. The van der Waals surface area contributed by atoms with Crippen LogP contribution in [-0.2, 0) is 17.9 Å². The second-order valence-electron chi connectivity index (χ2n) is 11.7. The Kier molecular flexibility index (Phi) is 6.90. The summed E-state index contributed by atoms with van der Waals surface area (Å²) in [6, 6.07) is 13.6. The minimum atomic E-state index is -0.0772. The summed E-state index contributed by atoms with van der Waals surface area (Å²) in [5.41, 5.74) is 0.989. The molecule has 0 radical (unpaired) electrons. The number of hydrogen-bond donors (Lipinski definition) is 1. The monoisotopic (exact) mass is 477 g/mol. The molecule has 188 valence electrons. The smallest absolute Gasteiger partial charge is 0.318 e. The van der Waals surface area contributed by atoms with E-state index in [9.17, 15) is 9.59 Å². The van der Waals surface area contributed by atoms with E-state index in [-0.39, 0.29) is 29.9 Å². The fourth-order valence-corrected chi connectivity index (χ4v) is 7.12. The number of nitrogens with zero attached hydrogens (tertiary/aromatic N) is 2. The molecular formula is C29H39N3O3. The molecule has 35 heavy (non-hydrogen) atoms. The Labute approximate surface area is 209 Å². The van der Waals surface area contributed by atoms with Gasteiger partial charge in [-0.15, -0.1) is 0 Å². The lowest BCUT2D eigenvalue weighted by molar-refractivity contribution is -0.133. The number of nitrogens with one attached hydrogen (secondary N) is 1. The molecule has 1 aromatic carbocycles. The molecule has 0 unspecified atom stereocenters. The standard InChI is InChI=1S/C29H39N3O3/c1-21(2)17-32(28(34)30-29-14-23-11-24(15-29)13-25(12-23)16-29)20-27(33)31(19-26-9-6-10-35-26)18-22-7-4-3-5-8-22/h3-10,21,23-25H,11-20H2,1-2H3,(H,30,34). The zero-order chi connectivity index (χ0) is 24.4. The normalized spacial score (nSPS) is 26.7. The number of hydrogen-bond acceptors (Lipinski definition) is 3. The topological polar surface area (TPSA) is 65.8 Å². The van der Waals surface area contributed by atoms with Crippen molar-refractivity contribution in [1.82, 2.24) is 15.1 Å². The summed E-state index contributed by atoms with van der Waals surface area (Å²) in [5.74, 6) is 3.23. The second kappa shape index (κ2) is 10.1. The number of furan rings is 1. The van der Waals surface area contributed by atoms with E-state index in [1.807, 2.05) is 42.5 Å². The molecule has 2 aromatic rings. The van der Waals surface area contributed by atoms with Gasteiger partial charge < -0.3 is 19.5 Å². The van der Waals surface area contributed by atoms with Crippen LogP contribution in [0.3, 0.4) is 0 Å². The highest BCUT2D eigenvalue weighted by Gasteiger charge is 2.51. The summed E-state index contributed by atoms with van der Waals surface area (Å²) in [4.78, 5) is 30.8. The zero-order valence-electron chi connectivity index (χ0n) is 21.1. The van der Waals surface area contributed by atoms with E-state index in [4.69, 9.17) is 4.42 Å². The van der Waals surface area contributed by atoms with E-state index in [0.29, 0.717) is 19.6 Å². The molecule has 4 saturated carbocycles. The van der Waals surface area contributed by atoms with Gasteiger partial charge in [0.05, 0.1) is 12.8 Å². The van der Waals surface area contributed by atoms with Crippen LogP contribution in [0.1, 0.15) is 63.7 Å². The highest BCUT2D eigenvalue weighted by Crippen LogP contribution is 2.55. The lowest BCUT2D eigenvalue weighted by Gasteiger charge is -2.57. The van der Waals surface area contributed by atoms with E-state index >= 15 is 0 Å². The number of rotatable bonds is 9. The number of benzene rings is 1. The Morgan fingerprint density at radius 2 is 1.60 bits per heavy atom. The molecule has 1 N–H and O–H groups in total. The third-order valence-electron chi connectivity index (χ3n) is 8.10. The van der Waals surface area contributed by atoms with Crippen molar-refractivity contribution in [2.45, 2.75) is 71.0 Å². The van der Waals surface area contributed by atoms with Crippen molar-refractivity contribution in [3.05, 3.63) is 60.1 Å². The van der Waals surface area contributed by atoms with Crippen molar-refractivity contribution < 1.29 is 14.0 Å². The molecule has 1 heterocycles. The van der Waals surface area contributed by atoms with Crippen LogP contribution < -0.4 is 5.32 Å². The predicted molar refractivity (Wildman–Crippen MR) is 135 cm³/mol. The van der Waals surface area contributed by atoms with Gasteiger partial charge in [-0.25, -0.2) is 4.79 Å². The van der Waals surface area contributed by atoms with Gasteiger partial charge in [0.2, 0.25) is 5.91 Å². The molecule has 0 atom stereocenters. The first-order chi connectivity index (χ1) is 16.9. The molecule has 4 aliphatic carbocycles. The van der Waals surface area contributed by atoms with Crippen LogP contribution in [0.4, 0.5) is 4.79 Å². The maximum absolute atomic E-state index is 13.6. The highest BCUT2D eigenvalue weighted by atomic mass is 16.3. The molecule has 3 amide bonds. The lowest BCUT2D eigenvalue weighted by Crippen LogP contribution is -2.62. The van der Waals surface area contributed by atoms with Crippen LogP contribution >= 0.6 is 0 Å². The molecular weight excluding hydrogens is 438 g/mol. The maximum atomic E-state index is 13.6. The van der Waals surface area contributed by atoms with E-state index in [2.05, 4.69) is 19.2 Å². The summed E-state index contributed by atoms with van der Waals surface area (Å²) >= 11 is 0. The van der Waals surface area contributed by atoms with Gasteiger partial charge in [0.1, 0.15) is 12.3 Å². The first-order valence-corrected chi connectivity index (χ1v) is 13.3. The van der Waals surface area contributed by atoms with Crippen LogP contribution in [0.5, 0.6) is 0 Å². The Bertz CT molecular complexity index is 966. The van der Waals surface area contributed by atoms with E-state index in [1.54, 1.807) is 16.1 Å². The van der Waals surface area contributed by atoms with Gasteiger partial charge >= 0.3 is 6.03 Å². The summed E-state index contributed by atoms with van der Waals surface area (Å²) in [7, 11) is 0. The fourth-order valence-electron chi connectivity index (χ4n) is 7.12. The van der Waals surface area contributed by atoms with Crippen molar-refractivity contribution in [2.75, 3.05) is 13.1 Å². The molecule has 0 spiro atoms. The number of carbonyl (C=O) groups is 2. The van der Waals surface area contributed by atoms with Gasteiger partial charge in [0, 0.05) is 18.6 Å². The Hall–Kier alpha value is -2.76. The quantitative estimate of drug-likeness (QED) is 0.523. The molecule has 6 nitrogen and oxygen atoms in total.